The molecule has 34 heavy (non-hydrogen) atoms. The van der Waals surface area contributed by atoms with Crippen molar-refractivity contribution < 1.29 is 29.0 Å². The Hall–Kier alpha value is -3.39. The van der Waals surface area contributed by atoms with Gasteiger partial charge in [-0.1, -0.05) is 17.3 Å². The van der Waals surface area contributed by atoms with Crippen LogP contribution in [0, 0.1) is 5.92 Å². The van der Waals surface area contributed by atoms with Gasteiger partial charge in [0, 0.05) is 25.3 Å². The lowest BCUT2D eigenvalue weighted by atomic mass is 9.90. The predicted octanol–water partition coefficient (Wildman–Crippen LogP) is 3.56. The number of nitrogens with zero attached hydrogens (tertiary/aromatic N) is 1. The van der Waals surface area contributed by atoms with Gasteiger partial charge in [-0.15, -0.1) is 0 Å². The zero-order chi connectivity index (χ0) is 23.8. The fourth-order valence-corrected chi connectivity index (χ4v) is 4.21. The zero-order valence-corrected chi connectivity index (χ0v) is 19.1. The molecule has 2 aromatic rings. The zero-order valence-electron chi connectivity index (χ0n) is 19.1. The molecule has 0 saturated carbocycles. The number of carboxylic acids is 1. The molecule has 8 nitrogen and oxygen atoms in total. The first kappa shape index (κ1) is 23.8. The van der Waals surface area contributed by atoms with Crippen molar-refractivity contribution in [3.63, 3.8) is 0 Å². The van der Waals surface area contributed by atoms with Crippen molar-refractivity contribution in [2.75, 3.05) is 26.4 Å². The number of rotatable bonds is 9. The third-order valence-electron chi connectivity index (χ3n) is 6.13. The van der Waals surface area contributed by atoms with Gasteiger partial charge in [-0.2, -0.15) is 0 Å². The van der Waals surface area contributed by atoms with Gasteiger partial charge in [0.15, 0.2) is 6.61 Å². The van der Waals surface area contributed by atoms with E-state index in [1.165, 1.54) is 0 Å². The fourth-order valence-electron chi connectivity index (χ4n) is 4.21. The number of hydrogen-bond donors (Lipinski definition) is 2. The van der Waals surface area contributed by atoms with E-state index in [1.807, 2.05) is 24.3 Å². The van der Waals surface area contributed by atoms with E-state index in [4.69, 9.17) is 19.4 Å². The number of amides is 1. The molecule has 180 valence electrons. The Morgan fingerprint density at radius 2 is 1.97 bits per heavy atom. The topological polar surface area (TPSA) is 106 Å². The Bertz CT molecular complexity index is 1050. The molecule has 0 radical (unpaired) electrons. The maximum atomic E-state index is 12.2. The molecule has 1 amide bonds. The number of nitrogens with one attached hydrogen (secondary N) is 1. The van der Waals surface area contributed by atoms with Crippen LogP contribution in [0.3, 0.4) is 0 Å². The van der Waals surface area contributed by atoms with Crippen molar-refractivity contribution in [2.45, 2.75) is 38.7 Å². The summed E-state index contributed by atoms with van der Waals surface area (Å²) in [7, 11) is 0. The maximum absolute atomic E-state index is 12.2. The second kappa shape index (κ2) is 11.7. The number of ether oxygens (including phenoxy) is 2. The van der Waals surface area contributed by atoms with Crippen molar-refractivity contribution in [2.24, 2.45) is 11.1 Å². The number of aryl methyl sites for hydroxylation is 1. The average Bonchev–Trinajstić information content (AvgIpc) is 2.87. The second-order valence-corrected chi connectivity index (χ2v) is 8.64. The van der Waals surface area contributed by atoms with Crippen LogP contribution < -0.4 is 10.1 Å². The molecular formula is C26H30N2O6. The molecular weight excluding hydrogens is 436 g/mol. The summed E-state index contributed by atoms with van der Waals surface area (Å²) in [4.78, 5) is 28.8. The second-order valence-electron chi connectivity index (χ2n) is 8.64. The molecule has 0 bridgehead atoms. The first-order valence-corrected chi connectivity index (χ1v) is 11.7. The molecule has 1 saturated heterocycles. The highest BCUT2D eigenvalue weighted by molar-refractivity contribution is 6.02. The number of benzene rings is 2. The summed E-state index contributed by atoms with van der Waals surface area (Å²) in [6.45, 7) is 2.38. The summed E-state index contributed by atoms with van der Waals surface area (Å²) in [6, 6.07) is 12.4. The van der Waals surface area contributed by atoms with E-state index in [9.17, 15) is 9.59 Å². The van der Waals surface area contributed by atoms with Gasteiger partial charge in [-0.3, -0.25) is 4.79 Å². The summed E-state index contributed by atoms with van der Waals surface area (Å²) >= 11 is 0. The summed E-state index contributed by atoms with van der Waals surface area (Å²) in [5, 5.41) is 16.4. The summed E-state index contributed by atoms with van der Waals surface area (Å²) < 4.78 is 11.1. The highest BCUT2D eigenvalue weighted by Gasteiger charge is 2.18. The van der Waals surface area contributed by atoms with Gasteiger partial charge in [0.1, 0.15) is 12.4 Å². The van der Waals surface area contributed by atoms with E-state index in [2.05, 4.69) is 10.5 Å². The summed E-state index contributed by atoms with van der Waals surface area (Å²) in [5.74, 6) is 0.0473. The molecule has 0 unspecified atom stereocenters. The maximum Gasteiger partial charge on any atom is 0.335 e. The number of carbonyl (C=O) groups is 2. The van der Waals surface area contributed by atoms with Crippen LogP contribution in [0.5, 0.6) is 5.75 Å². The van der Waals surface area contributed by atoms with Crippen LogP contribution in [0.25, 0.3) is 0 Å². The number of carbonyl (C=O) groups excluding carboxylic acids is 1. The highest BCUT2D eigenvalue weighted by atomic mass is 16.6. The van der Waals surface area contributed by atoms with Crippen LogP contribution in [0.15, 0.2) is 47.6 Å². The predicted molar refractivity (Wildman–Crippen MR) is 126 cm³/mol. The third-order valence-corrected chi connectivity index (χ3v) is 6.13. The molecule has 0 aromatic heterocycles. The Morgan fingerprint density at radius 1 is 1.12 bits per heavy atom. The van der Waals surface area contributed by atoms with E-state index in [-0.39, 0.29) is 24.7 Å². The number of hydrogen-bond acceptors (Lipinski definition) is 6. The van der Waals surface area contributed by atoms with Crippen molar-refractivity contribution >= 4 is 17.6 Å². The van der Waals surface area contributed by atoms with E-state index in [0.717, 1.165) is 67.7 Å². The quantitative estimate of drug-likeness (QED) is 0.548. The van der Waals surface area contributed by atoms with E-state index < -0.39 is 5.97 Å². The molecule has 0 atom stereocenters. The number of oxime groups is 1. The lowest BCUT2D eigenvalue weighted by molar-refractivity contribution is -0.123. The standard InChI is InChI=1S/C26H30N2O6/c29-25(27-15-18-9-11-32-12-10-18)17-33-22-7-8-23-20(14-22)4-2-6-24(23)28-34-16-19-3-1-5-21(13-19)26(30)31/h1,3,5,7-8,13-14,18H,2,4,6,9-12,15-17H2,(H,27,29)(H,30,31). The summed E-state index contributed by atoms with van der Waals surface area (Å²) in [5.41, 5.74) is 3.96. The normalized spacial score (nSPS) is 17.1. The van der Waals surface area contributed by atoms with Crippen LogP contribution in [0.1, 0.15) is 52.7 Å². The fraction of sp³-hybridized carbons (Fsp3) is 0.423. The molecule has 0 spiro atoms. The number of aromatic carboxylic acids is 1. The van der Waals surface area contributed by atoms with Gasteiger partial charge < -0.3 is 24.7 Å². The first-order valence-electron chi connectivity index (χ1n) is 11.7. The molecule has 1 fully saturated rings. The van der Waals surface area contributed by atoms with Crippen LogP contribution >= 0.6 is 0 Å². The smallest absolute Gasteiger partial charge is 0.335 e. The van der Waals surface area contributed by atoms with Gasteiger partial charge in [0.25, 0.3) is 5.91 Å². The first-order chi connectivity index (χ1) is 16.6. The van der Waals surface area contributed by atoms with Gasteiger partial charge in [-0.05, 0) is 79.5 Å². The Balaban J connectivity index is 1.29. The third kappa shape index (κ3) is 6.57. The Morgan fingerprint density at radius 3 is 2.79 bits per heavy atom. The van der Waals surface area contributed by atoms with Crippen molar-refractivity contribution in [1.82, 2.24) is 5.32 Å². The van der Waals surface area contributed by atoms with Gasteiger partial charge in [-0.25, -0.2) is 4.79 Å². The van der Waals surface area contributed by atoms with Crippen LogP contribution in [0.4, 0.5) is 0 Å². The highest BCUT2D eigenvalue weighted by Crippen LogP contribution is 2.26. The number of fused-ring (bicyclic) bond motifs is 1. The van der Waals surface area contributed by atoms with Crippen LogP contribution in [-0.4, -0.2) is 49.1 Å². The summed E-state index contributed by atoms with van der Waals surface area (Å²) in [6.07, 6.45) is 4.61. The van der Waals surface area contributed by atoms with E-state index >= 15 is 0 Å². The van der Waals surface area contributed by atoms with Gasteiger partial charge >= 0.3 is 5.97 Å². The Kier molecular flexibility index (Phi) is 8.14. The van der Waals surface area contributed by atoms with E-state index in [0.29, 0.717) is 18.2 Å². The molecule has 2 aliphatic rings. The van der Waals surface area contributed by atoms with Crippen LogP contribution in [-0.2, 0) is 27.4 Å². The molecule has 1 heterocycles. The van der Waals surface area contributed by atoms with Crippen LogP contribution in [0.2, 0.25) is 0 Å². The largest absolute Gasteiger partial charge is 0.484 e. The minimum atomic E-state index is -0.968. The Labute approximate surface area is 198 Å². The minimum Gasteiger partial charge on any atom is -0.484 e. The van der Waals surface area contributed by atoms with Gasteiger partial charge in [0.2, 0.25) is 0 Å². The molecule has 1 aliphatic carbocycles. The average molecular weight is 467 g/mol. The molecule has 1 aliphatic heterocycles. The molecule has 2 N–H and O–H groups in total. The monoisotopic (exact) mass is 466 g/mol. The molecule has 4 rings (SSSR count). The minimum absolute atomic E-state index is 0.0124. The van der Waals surface area contributed by atoms with Crippen molar-refractivity contribution in [3.8, 4) is 5.75 Å². The lowest BCUT2D eigenvalue weighted by Crippen LogP contribution is -2.35. The van der Waals surface area contributed by atoms with Gasteiger partial charge in [0.05, 0.1) is 11.3 Å². The number of carboxylic acid groups (broad SMARTS) is 1. The van der Waals surface area contributed by atoms with E-state index in [1.54, 1.807) is 18.2 Å². The molecule has 2 aromatic carbocycles. The lowest BCUT2D eigenvalue weighted by Gasteiger charge is -2.22. The van der Waals surface area contributed by atoms with Crippen molar-refractivity contribution in [1.29, 1.82) is 0 Å². The molecule has 8 heteroatoms. The SMILES string of the molecule is O=C(COc1ccc2c(c1)CCCC2=NOCc1cccc(C(=O)O)c1)NCC1CCOCC1. The van der Waals surface area contributed by atoms with Crippen molar-refractivity contribution in [3.05, 3.63) is 64.7 Å².